The normalized spacial score (nSPS) is 15.1. The molecule has 0 amide bonds. The summed E-state index contributed by atoms with van der Waals surface area (Å²) in [7, 11) is 0. The Bertz CT molecular complexity index is 315. The van der Waals surface area contributed by atoms with Crippen LogP contribution in [0.15, 0.2) is 18.2 Å². The third kappa shape index (κ3) is 2.41. The van der Waals surface area contributed by atoms with Crippen LogP contribution in [0.3, 0.4) is 0 Å². The second kappa shape index (κ2) is 4.68. The Balaban J connectivity index is 2.96. The molecule has 0 spiro atoms. The van der Waals surface area contributed by atoms with Crippen molar-refractivity contribution >= 4 is 12.6 Å². The maximum atomic E-state index is 9.63. The summed E-state index contributed by atoms with van der Waals surface area (Å²) in [6.45, 7) is 1.72. The Hall–Kier alpha value is -0.710. The van der Waals surface area contributed by atoms with Crippen molar-refractivity contribution in [3.63, 3.8) is 0 Å². The molecule has 1 rings (SSSR count). The fourth-order valence-corrected chi connectivity index (χ4v) is 1.47. The number of aliphatic hydroxyl groups is 1. The van der Waals surface area contributed by atoms with Gasteiger partial charge in [0.05, 0.1) is 6.10 Å². The summed E-state index contributed by atoms with van der Waals surface area (Å²) in [5, 5.41) is 19.2. The maximum absolute atomic E-state index is 9.63. The number of phenolic OH excluding ortho intramolecular Hbond substituents is 1. The fraction of sp³-hybridized carbons (Fsp3) is 0.400. The topological polar surface area (TPSA) is 66.5 Å². The van der Waals surface area contributed by atoms with E-state index in [4.69, 9.17) is 5.73 Å². The van der Waals surface area contributed by atoms with Crippen molar-refractivity contribution in [1.29, 1.82) is 0 Å². The van der Waals surface area contributed by atoms with E-state index in [-0.39, 0.29) is 11.8 Å². The molecule has 14 heavy (non-hydrogen) atoms. The molecular weight excluding hydrogens is 198 g/mol. The van der Waals surface area contributed by atoms with Crippen molar-refractivity contribution in [2.24, 2.45) is 5.73 Å². The molecule has 3 nitrogen and oxygen atoms in total. The fourth-order valence-electron chi connectivity index (χ4n) is 1.20. The van der Waals surface area contributed by atoms with Gasteiger partial charge in [-0.05, 0) is 18.6 Å². The highest BCUT2D eigenvalue weighted by Crippen LogP contribution is 2.24. The summed E-state index contributed by atoms with van der Waals surface area (Å²) in [5.41, 5.74) is 6.91. The molecule has 1 aromatic rings. The minimum Gasteiger partial charge on any atom is -0.508 e. The molecular formula is C10H15NO2S. The number of hydrogen-bond acceptors (Lipinski definition) is 4. The third-order valence-electron chi connectivity index (χ3n) is 2.12. The zero-order valence-corrected chi connectivity index (χ0v) is 8.91. The summed E-state index contributed by atoms with van der Waals surface area (Å²) in [6.07, 6.45) is -0.741. The monoisotopic (exact) mass is 213 g/mol. The summed E-state index contributed by atoms with van der Waals surface area (Å²) in [4.78, 5) is 0. The van der Waals surface area contributed by atoms with Gasteiger partial charge in [-0.15, -0.1) is 0 Å². The van der Waals surface area contributed by atoms with E-state index in [0.717, 1.165) is 5.56 Å². The van der Waals surface area contributed by atoms with E-state index in [0.29, 0.717) is 11.3 Å². The lowest BCUT2D eigenvalue weighted by molar-refractivity contribution is 0.153. The van der Waals surface area contributed by atoms with Gasteiger partial charge in [-0.1, -0.05) is 12.1 Å². The van der Waals surface area contributed by atoms with Gasteiger partial charge in [0.2, 0.25) is 0 Å². The van der Waals surface area contributed by atoms with Crippen molar-refractivity contribution in [3.05, 3.63) is 29.3 Å². The molecule has 0 aliphatic rings. The van der Waals surface area contributed by atoms with Crippen LogP contribution in [0.25, 0.3) is 0 Å². The van der Waals surface area contributed by atoms with Gasteiger partial charge in [0, 0.05) is 17.4 Å². The van der Waals surface area contributed by atoms with Crippen molar-refractivity contribution in [1.82, 2.24) is 0 Å². The van der Waals surface area contributed by atoms with Gasteiger partial charge in [-0.3, -0.25) is 0 Å². The van der Waals surface area contributed by atoms with E-state index in [1.807, 2.05) is 0 Å². The quantitative estimate of drug-likeness (QED) is 0.570. The van der Waals surface area contributed by atoms with Crippen LogP contribution < -0.4 is 5.73 Å². The molecule has 78 valence electrons. The van der Waals surface area contributed by atoms with E-state index in [1.165, 1.54) is 6.07 Å². The molecule has 2 atom stereocenters. The molecule has 2 unspecified atom stereocenters. The average molecular weight is 213 g/mol. The molecule has 0 bridgehead atoms. The van der Waals surface area contributed by atoms with Crippen LogP contribution in [0.2, 0.25) is 0 Å². The number of thiol groups is 1. The number of aromatic hydroxyl groups is 1. The number of hydrogen-bond donors (Lipinski definition) is 4. The molecule has 0 fully saturated rings. The van der Waals surface area contributed by atoms with E-state index in [2.05, 4.69) is 12.6 Å². The van der Waals surface area contributed by atoms with Crippen molar-refractivity contribution in [2.45, 2.75) is 24.8 Å². The molecule has 4 heteroatoms. The van der Waals surface area contributed by atoms with Gasteiger partial charge in [-0.25, -0.2) is 0 Å². The highest BCUT2D eigenvalue weighted by molar-refractivity contribution is 7.79. The second-order valence-corrected chi connectivity index (χ2v) is 3.67. The van der Waals surface area contributed by atoms with Gasteiger partial charge in [0.15, 0.2) is 0 Å². The average Bonchev–Trinajstić information content (AvgIpc) is 2.16. The first kappa shape index (κ1) is 11.4. The van der Waals surface area contributed by atoms with Crippen LogP contribution in [-0.2, 0) is 5.75 Å². The zero-order valence-electron chi connectivity index (χ0n) is 8.01. The van der Waals surface area contributed by atoms with Crippen LogP contribution in [-0.4, -0.2) is 16.3 Å². The van der Waals surface area contributed by atoms with Crippen molar-refractivity contribution in [3.8, 4) is 5.75 Å². The van der Waals surface area contributed by atoms with E-state index >= 15 is 0 Å². The van der Waals surface area contributed by atoms with Gasteiger partial charge >= 0.3 is 0 Å². The Kier molecular flexibility index (Phi) is 3.80. The third-order valence-corrected chi connectivity index (χ3v) is 2.46. The molecule has 0 aliphatic carbocycles. The largest absolute Gasteiger partial charge is 0.508 e. The zero-order chi connectivity index (χ0) is 10.7. The van der Waals surface area contributed by atoms with Crippen LogP contribution in [0.4, 0.5) is 0 Å². The number of phenols is 1. The number of benzene rings is 1. The highest BCUT2D eigenvalue weighted by Gasteiger charge is 2.13. The summed E-state index contributed by atoms with van der Waals surface area (Å²) < 4.78 is 0. The molecule has 0 saturated heterocycles. The molecule has 0 aromatic heterocycles. The Labute approximate surface area is 89.0 Å². The molecule has 0 saturated carbocycles. The maximum Gasteiger partial charge on any atom is 0.119 e. The smallest absolute Gasteiger partial charge is 0.119 e. The van der Waals surface area contributed by atoms with E-state index in [9.17, 15) is 10.2 Å². The minimum absolute atomic E-state index is 0.150. The molecule has 0 heterocycles. The number of nitrogens with two attached hydrogens (primary N) is 1. The summed E-state index contributed by atoms with van der Waals surface area (Å²) in [5.74, 6) is 0.623. The molecule has 0 aliphatic heterocycles. The molecule has 0 radical (unpaired) electrons. The first-order chi connectivity index (χ1) is 6.56. The Morgan fingerprint density at radius 2 is 2.14 bits per heavy atom. The minimum atomic E-state index is -0.741. The summed E-state index contributed by atoms with van der Waals surface area (Å²) >= 11 is 4.06. The predicted molar refractivity (Wildman–Crippen MR) is 59.4 cm³/mol. The molecule has 4 N–H and O–H groups in total. The summed E-state index contributed by atoms with van der Waals surface area (Å²) in [6, 6.07) is 4.67. The van der Waals surface area contributed by atoms with Gasteiger partial charge in [0.1, 0.15) is 5.75 Å². The number of rotatable bonds is 3. The van der Waals surface area contributed by atoms with Crippen LogP contribution in [0, 0.1) is 0 Å². The Morgan fingerprint density at radius 3 is 2.57 bits per heavy atom. The van der Waals surface area contributed by atoms with Gasteiger partial charge in [0.25, 0.3) is 0 Å². The van der Waals surface area contributed by atoms with Gasteiger partial charge in [-0.2, -0.15) is 12.6 Å². The van der Waals surface area contributed by atoms with Crippen molar-refractivity contribution < 1.29 is 10.2 Å². The lowest BCUT2D eigenvalue weighted by atomic mass is 10.0. The first-order valence-electron chi connectivity index (χ1n) is 4.42. The SMILES string of the molecule is CC(N)C(O)c1ccc(CS)c(O)c1. The lowest BCUT2D eigenvalue weighted by Crippen LogP contribution is -2.24. The van der Waals surface area contributed by atoms with Gasteiger partial charge < -0.3 is 15.9 Å². The van der Waals surface area contributed by atoms with Crippen LogP contribution >= 0.6 is 12.6 Å². The van der Waals surface area contributed by atoms with E-state index in [1.54, 1.807) is 19.1 Å². The second-order valence-electron chi connectivity index (χ2n) is 3.35. The Morgan fingerprint density at radius 1 is 1.50 bits per heavy atom. The molecule has 1 aromatic carbocycles. The lowest BCUT2D eigenvalue weighted by Gasteiger charge is -2.15. The predicted octanol–water partition coefficient (Wildman–Crippen LogP) is 1.20. The van der Waals surface area contributed by atoms with Crippen LogP contribution in [0.1, 0.15) is 24.2 Å². The van der Waals surface area contributed by atoms with Crippen LogP contribution in [0.5, 0.6) is 5.75 Å². The highest BCUT2D eigenvalue weighted by atomic mass is 32.1. The standard InChI is InChI=1S/C10H15NO2S/c1-6(11)10(13)7-2-3-8(5-14)9(12)4-7/h2-4,6,10,12-14H,5,11H2,1H3. The first-order valence-corrected chi connectivity index (χ1v) is 5.05. The number of aliphatic hydroxyl groups excluding tert-OH is 1. The van der Waals surface area contributed by atoms with Crippen molar-refractivity contribution in [2.75, 3.05) is 0 Å². The van der Waals surface area contributed by atoms with E-state index < -0.39 is 6.10 Å².